The van der Waals surface area contributed by atoms with E-state index < -0.39 is 49.5 Å². The van der Waals surface area contributed by atoms with Crippen LogP contribution >= 0.6 is 0 Å². The number of nitro groups is 1. The number of imidazole rings is 1. The predicted octanol–water partition coefficient (Wildman–Crippen LogP) is 5.32. The molecule has 222 valence electrons. The van der Waals surface area contributed by atoms with Crippen LogP contribution in [0.15, 0.2) is 59.6 Å². The second-order valence-corrected chi connectivity index (χ2v) is 10.4. The van der Waals surface area contributed by atoms with Gasteiger partial charge in [-0.3, -0.25) is 10.1 Å². The number of unbranched alkanes of at least 4 members (excludes halogenated alkanes) is 2. The number of sulfonamides is 1. The van der Waals surface area contributed by atoms with Crippen molar-refractivity contribution in [1.29, 1.82) is 0 Å². The molecule has 1 heterocycles. The van der Waals surface area contributed by atoms with Gasteiger partial charge in [-0.25, -0.2) is 22.9 Å². The van der Waals surface area contributed by atoms with Crippen molar-refractivity contribution in [3.8, 4) is 11.3 Å². The summed E-state index contributed by atoms with van der Waals surface area (Å²) in [6, 6.07) is 11.1. The topological polar surface area (TPSA) is 172 Å². The van der Waals surface area contributed by atoms with Crippen LogP contribution in [-0.2, 0) is 19.6 Å². The van der Waals surface area contributed by atoms with Crippen molar-refractivity contribution in [2.24, 2.45) is 0 Å². The number of rotatable bonds is 12. The molecule has 2 aromatic carbocycles. The molecule has 1 aromatic heterocycles. The number of nitro benzene ring substituents is 1. The number of carbonyl (C=O) groups is 2. The van der Waals surface area contributed by atoms with Gasteiger partial charge in [-0.15, -0.1) is 0 Å². The maximum Gasteiger partial charge on any atom is 0.490 e. The number of nitrogens with zero attached hydrogens (tertiary/aromatic N) is 2. The summed E-state index contributed by atoms with van der Waals surface area (Å²) in [7, 11) is -4.21. The minimum Gasteiger partial charge on any atom is -0.475 e. The zero-order valence-electron chi connectivity index (χ0n) is 21.5. The summed E-state index contributed by atoms with van der Waals surface area (Å²) in [5, 5.41) is 18.0. The Labute approximate surface area is 231 Å². The quantitative estimate of drug-likeness (QED) is 0.108. The number of H-pyrrole nitrogens is 1. The van der Waals surface area contributed by atoms with Gasteiger partial charge >= 0.3 is 17.8 Å². The smallest absolute Gasteiger partial charge is 0.475 e. The van der Waals surface area contributed by atoms with E-state index in [0.717, 1.165) is 24.1 Å². The number of halogens is 4. The molecule has 0 radical (unpaired) electrons. The molecule has 0 saturated carbocycles. The lowest BCUT2D eigenvalue weighted by Crippen LogP contribution is -2.29. The number of carboxylic acid groups (broad SMARTS) is 1. The molecule has 0 bridgehead atoms. The molecule has 3 aromatic rings. The monoisotopic (exact) mass is 602 g/mol. The summed E-state index contributed by atoms with van der Waals surface area (Å²) in [6.45, 7) is 1.52. The number of benzene rings is 2. The van der Waals surface area contributed by atoms with E-state index in [0.29, 0.717) is 43.3 Å². The first-order valence-corrected chi connectivity index (χ1v) is 13.5. The molecule has 0 amide bonds. The van der Waals surface area contributed by atoms with Gasteiger partial charge in [0, 0.05) is 18.6 Å². The zero-order valence-corrected chi connectivity index (χ0v) is 22.3. The lowest BCUT2D eigenvalue weighted by molar-refractivity contribution is -0.387. The molecule has 41 heavy (non-hydrogen) atoms. The molecule has 0 spiro atoms. The number of carbonyl (C=O) groups excluding carboxylic acids is 1. The van der Waals surface area contributed by atoms with Crippen LogP contribution in [0.25, 0.3) is 11.3 Å². The third-order valence-electron chi connectivity index (χ3n) is 5.50. The minimum absolute atomic E-state index is 0.0935. The number of carboxylic acids is 1. The molecule has 0 fully saturated rings. The van der Waals surface area contributed by atoms with Gasteiger partial charge in [0.15, 0.2) is 0 Å². The average Bonchev–Trinajstić information content (AvgIpc) is 3.38. The Morgan fingerprint density at radius 2 is 1.76 bits per heavy atom. The van der Waals surface area contributed by atoms with Crippen LogP contribution in [0.3, 0.4) is 0 Å². The summed E-state index contributed by atoms with van der Waals surface area (Å²) in [5.41, 5.74) is 0.777. The van der Waals surface area contributed by atoms with E-state index in [-0.39, 0.29) is 5.78 Å². The fraction of sp³-hybridized carbons (Fsp3) is 0.320. The highest BCUT2D eigenvalue weighted by Gasteiger charge is 2.38. The maximum atomic E-state index is 14.1. The minimum atomic E-state index is -5.08. The van der Waals surface area contributed by atoms with Crippen molar-refractivity contribution in [3.05, 3.63) is 76.5 Å². The van der Waals surface area contributed by atoms with Crippen molar-refractivity contribution in [2.75, 3.05) is 0 Å². The number of hydrogen-bond acceptors (Lipinski definition) is 7. The highest BCUT2D eigenvalue weighted by Crippen LogP contribution is 2.26. The average molecular weight is 603 g/mol. The van der Waals surface area contributed by atoms with E-state index >= 15 is 0 Å². The van der Waals surface area contributed by atoms with E-state index in [1.165, 1.54) is 6.92 Å². The number of ketones is 1. The Morgan fingerprint density at radius 3 is 2.29 bits per heavy atom. The third kappa shape index (κ3) is 10.4. The molecule has 0 aliphatic rings. The summed E-state index contributed by atoms with van der Waals surface area (Å²) in [6.07, 6.45) is -0.610. The van der Waals surface area contributed by atoms with Crippen LogP contribution in [0.5, 0.6) is 0 Å². The van der Waals surface area contributed by atoms with Crippen molar-refractivity contribution < 1.29 is 45.6 Å². The third-order valence-corrected chi connectivity index (χ3v) is 6.97. The number of nitrogens with one attached hydrogen (secondary N) is 2. The Bertz CT molecular complexity index is 1460. The largest absolute Gasteiger partial charge is 0.490 e. The van der Waals surface area contributed by atoms with Crippen LogP contribution < -0.4 is 4.72 Å². The first-order valence-electron chi connectivity index (χ1n) is 12.0. The molecule has 0 aliphatic heterocycles. The van der Waals surface area contributed by atoms with Crippen LogP contribution in [0.1, 0.15) is 50.9 Å². The highest BCUT2D eigenvalue weighted by atomic mass is 32.2. The Morgan fingerprint density at radius 1 is 1.12 bits per heavy atom. The first kappa shape index (κ1) is 33.0. The Kier molecular flexibility index (Phi) is 11.6. The van der Waals surface area contributed by atoms with E-state index in [1.807, 2.05) is 30.3 Å². The van der Waals surface area contributed by atoms with Crippen LogP contribution in [0.2, 0.25) is 0 Å². The van der Waals surface area contributed by atoms with Crippen LogP contribution in [0.4, 0.5) is 23.2 Å². The van der Waals surface area contributed by atoms with E-state index in [2.05, 4.69) is 14.7 Å². The van der Waals surface area contributed by atoms with Crippen LogP contribution in [0, 0.1) is 15.9 Å². The fourth-order valence-corrected chi connectivity index (χ4v) is 4.73. The Balaban J connectivity index is 0.000000745. The van der Waals surface area contributed by atoms with Gasteiger partial charge in [-0.05, 0) is 31.4 Å². The Hall–Kier alpha value is -4.18. The molecule has 3 N–H and O–H groups in total. The normalized spacial score (nSPS) is 12.2. The summed E-state index contributed by atoms with van der Waals surface area (Å²) < 4.78 is 74.3. The number of hydrogen-bond donors (Lipinski definition) is 3. The molecular weight excluding hydrogens is 576 g/mol. The van der Waals surface area contributed by atoms with Crippen molar-refractivity contribution >= 4 is 27.5 Å². The van der Waals surface area contributed by atoms with Gasteiger partial charge < -0.3 is 14.9 Å². The van der Waals surface area contributed by atoms with E-state index in [4.69, 9.17) is 9.90 Å². The number of alkyl halides is 3. The van der Waals surface area contributed by atoms with Crippen molar-refractivity contribution in [1.82, 2.24) is 14.7 Å². The first-order chi connectivity index (χ1) is 19.1. The van der Waals surface area contributed by atoms with Gasteiger partial charge in [0.2, 0.25) is 15.8 Å². The van der Waals surface area contributed by atoms with E-state index in [1.54, 1.807) is 6.20 Å². The summed E-state index contributed by atoms with van der Waals surface area (Å²) >= 11 is 0. The zero-order chi connectivity index (χ0) is 30.8. The lowest BCUT2D eigenvalue weighted by atomic mass is 10.1. The molecule has 0 unspecified atom stereocenters. The molecule has 1 atom stereocenters. The second kappa shape index (κ2) is 14.5. The van der Waals surface area contributed by atoms with Crippen molar-refractivity contribution in [2.45, 2.75) is 56.1 Å². The molecule has 11 nitrogen and oxygen atoms in total. The summed E-state index contributed by atoms with van der Waals surface area (Å²) in [5.74, 6) is -3.52. The maximum absolute atomic E-state index is 14.1. The number of aromatic nitrogens is 2. The standard InChI is InChI=1S/C23H25FN4O5S.C2HF3O2/c1-16(29)8-4-2-7-11-20(23-25-15-21(26-23)17-9-5-3-6-10-17)27-34(32,33)18-12-13-22(28(30)31)19(24)14-18;3-2(4,5)1(6)7/h3,5-6,9-10,12-15,20,27H,2,4,7-8,11H2,1H3,(H,25,26);(H,6,7)/t20-;/m0./s1. The lowest BCUT2D eigenvalue weighted by Gasteiger charge is -2.17. The predicted molar refractivity (Wildman–Crippen MR) is 138 cm³/mol. The summed E-state index contributed by atoms with van der Waals surface area (Å²) in [4.78, 5) is 37.1. The number of aliphatic carboxylic acids is 1. The van der Waals surface area contributed by atoms with Gasteiger partial charge in [0.25, 0.3) is 0 Å². The molecule has 16 heteroatoms. The number of Topliss-reactive ketones (excluding diaryl/α,β-unsaturated/α-hetero) is 1. The second-order valence-electron chi connectivity index (χ2n) is 8.70. The van der Waals surface area contributed by atoms with E-state index in [9.17, 15) is 40.9 Å². The fourth-order valence-electron chi connectivity index (χ4n) is 3.49. The van der Waals surface area contributed by atoms with Crippen molar-refractivity contribution in [3.63, 3.8) is 0 Å². The van der Waals surface area contributed by atoms with Gasteiger partial charge in [0.1, 0.15) is 11.6 Å². The molecule has 0 aliphatic carbocycles. The van der Waals surface area contributed by atoms with Crippen LogP contribution in [-0.4, -0.2) is 46.3 Å². The SMILES string of the molecule is CC(=O)CCCCC[C@H](NS(=O)(=O)c1ccc([N+](=O)[O-])c(F)c1)c1ncc(-c2ccccc2)[nH]1.O=C(O)C(F)(F)F. The highest BCUT2D eigenvalue weighted by molar-refractivity contribution is 7.89. The number of aromatic amines is 1. The molecular formula is C25H26F4N4O7S. The van der Waals surface area contributed by atoms with Gasteiger partial charge in [-0.1, -0.05) is 43.2 Å². The molecule has 0 saturated heterocycles. The molecule has 3 rings (SSSR count). The van der Waals surface area contributed by atoms with Gasteiger partial charge in [0.05, 0.1) is 27.8 Å². The van der Waals surface area contributed by atoms with Gasteiger partial charge in [-0.2, -0.15) is 17.6 Å².